The Labute approximate surface area is 253 Å². The number of aliphatic imine (C=N–C) groups is 2. The van der Waals surface area contributed by atoms with Gasteiger partial charge in [0.1, 0.15) is 29.0 Å². The van der Waals surface area contributed by atoms with Crippen LogP contribution in [0.2, 0.25) is 0 Å². The van der Waals surface area contributed by atoms with Crippen molar-refractivity contribution in [1.82, 2.24) is 19.7 Å². The first-order chi connectivity index (χ1) is 21.0. The van der Waals surface area contributed by atoms with Gasteiger partial charge >= 0.3 is 0 Å². The third-order valence-corrected chi connectivity index (χ3v) is 7.88. The minimum atomic E-state index is -0.412. The van der Waals surface area contributed by atoms with E-state index in [1.807, 2.05) is 52.2 Å². The number of aromatic nitrogens is 3. The van der Waals surface area contributed by atoms with E-state index in [-0.39, 0.29) is 17.7 Å². The lowest BCUT2D eigenvalue weighted by molar-refractivity contribution is -0.126. The molecule has 0 spiro atoms. The molecule has 5 rings (SSSR count). The first kappa shape index (κ1) is 31.7. The van der Waals surface area contributed by atoms with Gasteiger partial charge in [-0.1, -0.05) is 38.5 Å². The molecule has 3 heterocycles. The van der Waals surface area contributed by atoms with E-state index in [1.54, 1.807) is 37.7 Å². The average Bonchev–Trinajstić information content (AvgIpc) is 3.69. The Balaban J connectivity index is 0.00000207. The zero-order valence-electron chi connectivity index (χ0n) is 25.8. The monoisotopic (exact) mass is 585 g/mol. The largest absolute Gasteiger partial charge is 0.371 e. The molecule has 0 radical (unpaired) electrons. The van der Waals surface area contributed by atoms with E-state index in [1.165, 1.54) is 6.42 Å². The fourth-order valence-electron chi connectivity index (χ4n) is 5.47. The number of ether oxygens (including phenoxy) is 1. The van der Waals surface area contributed by atoms with E-state index in [9.17, 15) is 9.59 Å². The molecule has 2 atom stereocenters. The van der Waals surface area contributed by atoms with Gasteiger partial charge in [0.05, 0.1) is 0 Å². The summed E-state index contributed by atoms with van der Waals surface area (Å²) in [6, 6.07) is 7.40. The summed E-state index contributed by atoms with van der Waals surface area (Å²) in [5.41, 5.74) is 3.05. The number of fused-ring (bicyclic) bond motifs is 1. The van der Waals surface area contributed by atoms with Gasteiger partial charge in [-0.05, 0) is 63.2 Å². The van der Waals surface area contributed by atoms with Crippen molar-refractivity contribution in [1.29, 1.82) is 0 Å². The van der Waals surface area contributed by atoms with Gasteiger partial charge in [0.15, 0.2) is 5.82 Å². The molecule has 2 amide bonds. The molecule has 0 bridgehead atoms. The van der Waals surface area contributed by atoms with Crippen LogP contribution in [0.5, 0.6) is 0 Å². The maximum absolute atomic E-state index is 12.8. The smallest absolute Gasteiger partial charge is 0.274 e. The van der Waals surface area contributed by atoms with Crippen LogP contribution in [0, 0.1) is 5.92 Å². The molecule has 3 aromatic rings. The summed E-state index contributed by atoms with van der Waals surface area (Å²) in [7, 11) is 3.48. The molecule has 2 unspecified atom stereocenters. The third-order valence-electron chi connectivity index (χ3n) is 7.88. The molecule has 2 aromatic heterocycles. The fraction of sp³-hybridized carbons (Fsp3) is 0.455. The molecule has 1 saturated heterocycles. The first-order valence-electron chi connectivity index (χ1n) is 15.3. The van der Waals surface area contributed by atoms with E-state index in [4.69, 9.17) is 9.72 Å². The zero-order valence-corrected chi connectivity index (χ0v) is 25.8. The van der Waals surface area contributed by atoms with E-state index < -0.39 is 6.10 Å². The van der Waals surface area contributed by atoms with Gasteiger partial charge in [-0.25, -0.2) is 15.0 Å². The first-order valence-corrected chi connectivity index (χ1v) is 15.3. The second-order valence-electron chi connectivity index (χ2n) is 10.4. The quantitative estimate of drug-likeness (QED) is 0.240. The molecule has 10 heteroatoms. The van der Waals surface area contributed by atoms with Gasteiger partial charge < -0.3 is 15.4 Å². The molecule has 43 heavy (non-hydrogen) atoms. The molecule has 1 aromatic carbocycles. The van der Waals surface area contributed by atoms with Crippen LogP contribution < -0.4 is 10.6 Å². The van der Waals surface area contributed by atoms with Crippen molar-refractivity contribution in [3.63, 3.8) is 0 Å². The van der Waals surface area contributed by atoms with Crippen LogP contribution in [0.3, 0.4) is 0 Å². The van der Waals surface area contributed by atoms with Crippen molar-refractivity contribution in [2.45, 2.75) is 71.3 Å². The van der Waals surface area contributed by atoms with Crippen LogP contribution in [-0.2, 0) is 9.53 Å². The predicted octanol–water partition coefficient (Wildman–Crippen LogP) is 5.85. The van der Waals surface area contributed by atoms with Gasteiger partial charge in [0, 0.05) is 56.4 Å². The molecule has 228 valence electrons. The Bertz CT molecular complexity index is 1480. The van der Waals surface area contributed by atoms with Gasteiger partial charge in [-0.2, -0.15) is 0 Å². The number of imidazole rings is 1. The lowest BCUT2D eigenvalue weighted by Gasteiger charge is -2.32. The number of amides is 2. The van der Waals surface area contributed by atoms with Crippen molar-refractivity contribution >= 4 is 35.2 Å². The lowest BCUT2D eigenvalue weighted by atomic mass is 9.74. The van der Waals surface area contributed by atoms with Crippen LogP contribution in [-0.4, -0.2) is 65.0 Å². The number of carbonyl (C=O) groups excluding carboxylic acids is 2. The summed E-state index contributed by atoms with van der Waals surface area (Å²) in [6.07, 6.45) is 14.3. The van der Waals surface area contributed by atoms with E-state index in [0.29, 0.717) is 36.2 Å². The Morgan fingerprint density at radius 1 is 1.16 bits per heavy atom. The number of benzene rings is 1. The Morgan fingerprint density at radius 3 is 2.53 bits per heavy atom. The molecule has 1 aliphatic carbocycles. The van der Waals surface area contributed by atoms with Gasteiger partial charge in [-0.3, -0.25) is 19.0 Å². The number of amidine groups is 1. The highest BCUT2D eigenvalue weighted by Gasteiger charge is 2.33. The van der Waals surface area contributed by atoms with Crippen molar-refractivity contribution in [3.8, 4) is 11.3 Å². The average molecular weight is 586 g/mol. The normalized spacial score (nSPS) is 18.0. The third kappa shape index (κ3) is 7.25. The number of nitrogens with zero attached hydrogens (tertiary/aromatic N) is 5. The van der Waals surface area contributed by atoms with Gasteiger partial charge in [0.25, 0.3) is 11.8 Å². The molecule has 10 nitrogen and oxygen atoms in total. The maximum atomic E-state index is 12.8. The van der Waals surface area contributed by atoms with Crippen molar-refractivity contribution in [2.24, 2.45) is 15.9 Å². The van der Waals surface area contributed by atoms with Gasteiger partial charge in [-0.15, -0.1) is 0 Å². The number of carbonyl (C=O) groups is 2. The van der Waals surface area contributed by atoms with E-state index in [2.05, 4.69) is 30.0 Å². The molecule has 1 aliphatic heterocycles. The van der Waals surface area contributed by atoms with Crippen molar-refractivity contribution < 1.29 is 14.3 Å². The Hall–Kier alpha value is -4.18. The summed E-state index contributed by atoms with van der Waals surface area (Å²) in [4.78, 5) is 43.4. The van der Waals surface area contributed by atoms with Crippen LogP contribution in [0.25, 0.3) is 16.8 Å². The minimum Gasteiger partial charge on any atom is -0.371 e. The second kappa shape index (κ2) is 15.3. The molecular formula is C33H43N7O3. The summed E-state index contributed by atoms with van der Waals surface area (Å²) >= 11 is 0. The van der Waals surface area contributed by atoms with Crippen LogP contribution >= 0.6 is 0 Å². The molecule has 2 N–H and O–H groups in total. The fourth-order valence-corrected chi connectivity index (χ4v) is 5.47. The standard InChI is InChI=1S/C31H37N7O3.C2H6/c1-4-7-25(32-2)36-30(39)22-13-11-21(12-14-22)26-27-28(33-3)34-17-18-38(27)29(37-26)23(20-8-5-9-20)15-16-35-31(40)24-10-6-19-41-24;1-2/h4,7,11-14,16-18,20,23-24H,5-6,8-10,15,19H2,1-3H3,(H,33,34)(H,32,36,39);1-2H3/b7-4-,35-16?;. The highest BCUT2D eigenvalue weighted by atomic mass is 16.5. The summed E-state index contributed by atoms with van der Waals surface area (Å²) in [5.74, 6) is 2.27. The van der Waals surface area contributed by atoms with Crippen LogP contribution in [0.15, 0.2) is 58.8 Å². The maximum Gasteiger partial charge on any atom is 0.274 e. The Kier molecular flexibility index (Phi) is 11.3. The molecule has 2 aliphatic rings. The minimum absolute atomic E-state index is 0.0987. The van der Waals surface area contributed by atoms with Crippen molar-refractivity contribution in [2.75, 3.05) is 26.0 Å². The molecule has 2 fully saturated rings. The number of allylic oxidation sites excluding steroid dienone is 1. The summed E-state index contributed by atoms with van der Waals surface area (Å²) in [6.45, 7) is 6.49. The Morgan fingerprint density at radius 2 is 1.93 bits per heavy atom. The zero-order chi connectivity index (χ0) is 30.8. The van der Waals surface area contributed by atoms with E-state index >= 15 is 0 Å². The SMILES string of the molecule is C/C=C\C(=NC)NC(=O)c1ccc(-c2nc(C(CC=NC(=O)C3CCCO3)C3CCC3)n3ccnc(NC)c23)cc1.CC. The number of hydrogen-bond donors (Lipinski definition) is 2. The predicted molar refractivity (Wildman–Crippen MR) is 172 cm³/mol. The number of anilines is 1. The molecular weight excluding hydrogens is 542 g/mol. The van der Waals surface area contributed by atoms with Gasteiger partial charge in [0.2, 0.25) is 0 Å². The summed E-state index contributed by atoms with van der Waals surface area (Å²) < 4.78 is 7.61. The highest BCUT2D eigenvalue weighted by molar-refractivity contribution is 6.10. The summed E-state index contributed by atoms with van der Waals surface area (Å²) in [5, 5.41) is 6.03. The van der Waals surface area contributed by atoms with Crippen molar-refractivity contribution in [3.05, 3.63) is 60.2 Å². The number of hydrogen-bond acceptors (Lipinski definition) is 7. The number of nitrogens with one attached hydrogen (secondary N) is 2. The lowest BCUT2D eigenvalue weighted by Crippen LogP contribution is -2.29. The van der Waals surface area contributed by atoms with Crippen LogP contribution in [0.4, 0.5) is 5.82 Å². The topological polar surface area (TPSA) is 122 Å². The highest BCUT2D eigenvalue weighted by Crippen LogP contribution is 2.42. The van der Waals surface area contributed by atoms with E-state index in [0.717, 1.165) is 48.3 Å². The second-order valence-corrected chi connectivity index (χ2v) is 10.4. The van der Waals surface area contributed by atoms with Crippen LogP contribution in [0.1, 0.15) is 81.4 Å². The number of rotatable bonds is 9. The molecule has 1 saturated carbocycles.